The molecule has 3 unspecified atom stereocenters. The van der Waals surface area contributed by atoms with E-state index in [0.29, 0.717) is 5.56 Å². The van der Waals surface area contributed by atoms with Crippen LogP contribution in [0.4, 0.5) is 0 Å². The van der Waals surface area contributed by atoms with E-state index in [0.717, 1.165) is 0 Å². The van der Waals surface area contributed by atoms with Crippen LogP contribution in [0.25, 0.3) is 0 Å². The van der Waals surface area contributed by atoms with Crippen molar-refractivity contribution >= 4 is 5.91 Å². The van der Waals surface area contributed by atoms with Crippen molar-refractivity contribution in [3.63, 3.8) is 0 Å². The van der Waals surface area contributed by atoms with E-state index < -0.39 is 24.7 Å². The molecule has 2 nitrogen and oxygen atoms in total. The third-order valence-electron chi connectivity index (χ3n) is 1.75. The molecule has 0 aliphatic carbocycles. The van der Waals surface area contributed by atoms with Gasteiger partial charge in [0.15, 0.2) is 0 Å². The number of nitrogens with one attached hydrogen (secondary N) is 1. The maximum Gasteiger partial charge on any atom is 0.217 e. The van der Waals surface area contributed by atoms with Crippen molar-refractivity contribution in [2.24, 2.45) is 0 Å². The standard InChI is InChI=1S/C12H17NO/c1-3-12(13-10(2)14)9-11-7-5-4-6-8-11/h4-8,12H,3,9H2,1-2H3,(H,13,14)/i3D,9D,12D. The number of benzene rings is 1. The molecule has 1 amide bonds. The molecule has 1 N–H and O–H groups in total. The first kappa shape index (κ1) is 7.04. The SMILES string of the molecule is [2H]C(C)C([2H])(NC(C)=O)C([2H])c1ccccc1. The maximum absolute atomic E-state index is 11.1. The van der Waals surface area contributed by atoms with Gasteiger partial charge in [-0.05, 0) is 18.4 Å². The van der Waals surface area contributed by atoms with Crippen molar-refractivity contribution in [2.45, 2.75) is 32.7 Å². The van der Waals surface area contributed by atoms with Gasteiger partial charge in [-0.2, -0.15) is 0 Å². The molecule has 2 heteroatoms. The van der Waals surface area contributed by atoms with Gasteiger partial charge in [-0.3, -0.25) is 4.79 Å². The van der Waals surface area contributed by atoms with Gasteiger partial charge in [-0.15, -0.1) is 0 Å². The summed E-state index contributed by atoms with van der Waals surface area (Å²) >= 11 is 0. The Balaban J connectivity index is 3.03. The summed E-state index contributed by atoms with van der Waals surface area (Å²) in [7, 11) is 0. The minimum Gasteiger partial charge on any atom is -0.353 e. The zero-order valence-electron chi connectivity index (χ0n) is 11.4. The van der Waals surface area contributed by atoms with E-state index in [1.807, 2.05) is 6.07 Å². The summed E-state index contributed by atoms with van der Waals surface area (Å²) in [5.41, 5.74) is 0.621. The van der Waals surface area contributed by atoms with Crippen LogP contribution in [0.2, 0.25) is 0 Å². The first-order valence-electron chi connectivity index (χ1n) is 6.21. The van der Waals surface area contributed by atoms with Crippen LogP contribution in [-0.2, 0) is 11.2 Å². The number of carbonyl (C=O) groups is 1. The average molecular weight is 194 g/mol. The largest absolute Gasteiger partial charge is 0.353 e. The molecule has 3 atom stereocenters. The predicted octanol–water partition coefficient (Wildman–Crippen LogP) is 2.14. The van der Waals surface area contributed by atoms with Crippen molar-refractivity contribution in [2.75, 3.05) is 0 Å². The molecule has 0 saturated heterocycles. The van der Waals surface area contributed by atoms with E-state index in [9.17, 15) is 4.79 Å². The summed E-state index contributed by atoms with van der Waals surface area (Å²) < 4.78 is 23.9. The number of rotatable bonds is 4. The van der Waals surface area contributed by atoms with Crippen LogP contribution in [0.5, 0.6) is 0 Å². The van der Waals surface area contributed by atoms with Gasteiger partial charge < -0.3 is 5.32 Å². The Morgan fingerprint density at radius 3 is 2.71 bits per heavy atom. The molecule has 1 rings (SSSR count). The molecule has 14 heavy (non-hydrogen) atoms. The van der Waals surface area contributed by atoms with Gasteiger partial charge in [0.25, 0.3) is 0 Å². The Morgan fingerprint density at radius 1 is 1.57 bits per heavy atom. The highest BCUT2D eigenvalue weighted by Gasteiger charge is 2.07. The summed E-state index contributed by atoms with van der Waals surface area (Å²) in [6, 6.07) is 7.20. The van der Waals surface area contributed by atoms with Crippen LogP contribution >= 0.6 is 0 Å². The fraction of sp³-hybridized carbons (Fsp3) is 0.417. The summed E-state index contributed by atoms with van der Waals surface area (Å²) in [4.78, 5) is 11.1. The molecule has 0 fully saturated rings. The van der Waals surface area contributed by atoms with Crippen molar-refractivity contribution in [1.29, 1.82) is 0 Å². The lowest BCUT2D eigenvalue weighted by Crippen LogP contribution is -2.34. The quantitative estimate of drug-likeness (QED) is 0.781. The van der Waals surface area contributed by atoms with Gasteiger partial charge >= 0.3 is 0 Å². The number of carbonyl (C=O) groups excluding carboxylic acids is 1. The molecular formula is C12H17NO. The van der Waals surface area contributed by atoms with Crippen molar-refractivity contribution in [3.8, 4) is 0 Å². The van der Waals surface area contributed by atoms with Gasteiger partial charge in [-0.1, -0.05) is 37.3 Å². The van der Waals surface area contributed by atoms with Crippen molar-refractivity contribution < 1.29 is 8.91 Å². The van der Waals surface area contributed by atoms with Gasteiger partial charge in [0, 0.05) is 15.7 Å². The van der Waals surface area contributed by atoms with Crippen LogP contribution in [0.1, 0.15) is 29.9 Å². The maximum atomic E-state index is 11.1. The first-order chi connectivity index (χ1) is 7.88. The van der Waals surface area contributed by atoms with Crippen LogP contribution in [0.3, 0.4) is 0 Å². The zero-order valence-corrected chi connectivity index (χ0v) is 8.45. The van der Waals surface area contributed by atoms with E-state index in [2.05, 4.69) is 5.32 Å². The molecule has 1 aromatic rings. The highest BCUT2D eigenvalue weighted by molar-refractivity contribution is 5.73. The lowest BCUT2D eigenvalue weighted by atomic mass is 10.0. The van der Waals surface area contributed by atoms with E-state index >= 15 is 0 Å². The molecule has 0 bridgehead atoms. The Morgan fingerprint density at radius 2 is 2.21 bits per heavy atom. The molecule has 1 aromatic carbocycles. The monoisotopic (exact) mass is 194 g/mol. The van der Waals surface area contributed by atoms with Crippen LogP contribution in [0.15, 0.2) is 30.3 Å². The molecular weight excluding hydrogens is 174 g/mol. The number of hydrogen-bond acceptors (Lipinski definition) is 1. The van der Waals surface area contributed by atoms with E-state index in [4.69, 9.17) is 4.11 Å². The minimum absolute atomic E-state index is 0.396. The fourth-order valence-electron chi connectivity index (χ4n) is 1.12. The molecule has 0 aromatic heterocycles. The highest BCUT2D eigenvalue weighted by atomic mass is 16.1. The topological polar surface area (TPSA) is 29.1 Å². The van der Waals surface area contributed by atoms with E-state index in [-0.39, 0.29) is 0 Å². The normalized spacial score (nSPS) is 22.0. The summed E-state index contributed by atoms with van der Waals surface area (Å²) in [5, 5.41) is 2.41. The Labute approximate surface area is 89.5 Å². The lowest BCUT2D eigenvalue weighted by molar-refractivity contribution is -0.119. The Hall–Kier alpha value is -1.31. The molecule has 0 aliphatic rings. The van der Waals surface area contributed by atoms with Crippen molar-refractivity contribution in [1.82, 2.24) is 5.32 Å². The van der Waals surface area contributed by atoms with Gasteiger partial charge in [0.2, 0.25) is 5.91 Å². The second-order valence-corrected chi connectivity index (χ2v) is 2.98. The average Bonchev–Trinajstić information content (AvgIpc) is 2.28. The predicted molar refractivity (Wildman–Crippen MR) is 58.0 cm³/mol. The molecule has 0 radical (unpaired) electrons. The van der Waals surface area contributed by atoms with E-state index in [1.54, 1.807) is 24.3 Å². The molecule has 0 saturated carbocycles. The van der Waals surface area contributed by atoms with E-state index in [1.165, 1.54) is 13.8 Å². The second-order valence-electron chi connectivity index (χ2n) is 2.98. The van der Waals surface area contributed by atoms with Gasteiger partial charge in [0.05, 0.1) is 1.37 Å². The first-order valence-corrected chi connectivity index (χ1v) is 4.56. The third-order valence-corrected chi connectivity index (χ3v) is 1.75. The summed E-state index contributed by atoms with van der Waals surface area (Å²) in [6.07, 6.45) is -1.88. The second kappa shape index (κ2) is 5.43. The number of amides is 1. The van der Waals surface area contributed by atoms with Crippen LogP contribution in [-0.4, -0.2) is 11.9 Å². The smallest absolute Gasteiger partial charge is 0.217 e. The Bertz CT molecular complexity index is 383. The zero-order chi connectivity index (χ0) is 13.1. The third kappa shape index (κ3) is 3.60. The van der Waals surface area contributed by atoms with Crippen molar-refractivity contribution in [3.05, 3.63) is 35.9 Å². The number of hydrogen-bond donors (Lipinski definition) is 1. The van der Waals surface area contributed by atoms with Crippen LogP contribution in [0, 0.1) is 0 Å². The molecule has 0 spiro atoms. The lowest BCUT2D eigenvalue weighted by Gasteiger charge is -2.15. The minimum atomic E-state index is -1.63. The highest BCUT2D eigenvalue weighted by Crippen LogP contribution is 2.05. The summed E-state index contributed by atoms with van der Waals surface area (Å²) in [6.45, 7) is 2.80. The summed E-state index contributed by atoms with van der Waals surface area (Å²) in [5.74, 6) is -0.396. The molecule has 0 aliphatic heterocycles. The molecule has 76 valence electrons. The van der Waals surface area contributed by atoms with Gasteiger partial charge in [-0.25, -0.2) is 0 Å². The molecule has 0 heterocycles. The van der Waals surface area contributed by atoms with Crippen LogP contribution < -0.4 is 5.32 Å². The fourth-order valence-corrected chi connectivity index (χ4v) is 1.12. The van der Waals surface area contributed by atoms with Gasteiger partial charge in [0.1, 0.15) is 0 Å². The Kier molecular flexibility index (Phi) is 2.73.